The summed E-state index contributed by atoms with van der Waals surface area (Å²) >= 11 is 1.38. The van der Waals surface area contributed by atoms with Gasteiger partial charge in [-0.05, 0) is 25.5 Å². The minimum Gasteiger partial charge on any atom is -0.297 e. The van der Waals surface area contributed by atoms with Gasteiger partial charge in [-0.25, -0.2) is 0 Å². The molecule has 6 nitrogen and oxygen atoms in total. The largest absolute Gasteiger partial charge is 0.297 e. The van der Waals surface area contributed by atoms with Crippen molar-refractivity contribution in [2.24, 2.45) is 7.05 Å². The molecule has 3 rings (SSSR count). The van der Waals surface area contributed by atoms with Crippen LogP contribution in [0, 0.1) is 13.8 Å². The van der Waals surface area contributed by atoms with Crippen molar-refractivity contribution < 1.29 is 4.79 Å². The summed E-state index contributed by atoms with van der Waals surface area (Å²) in [4.78, 5) is 12.1. The molecule has 1 aromatic carbocycles. The van der Waals surface area contributed by atoms with E-state index in [4.69, 9.17) is 0 Å². The molecule has 1 N–H and O–H groups in total. The Balaban J connectivity index is 1.63. The second-order valence-electron chi connectivity index (χ2n) is 5.69. The zero-order chi connectivity index (χ0) is 17.8. The molecule has 0 unspecified atom stereocenters. The first kappa shape index (κ1) is 17.0. The average Bonchev–Trinajstić information content (AvgIpc) is 3.11. The van der Waals surface area contributed by atoms with Crippen LogP contribution in [0.3, 0.4) is 0 Å². The van der Waals surface area contributed by atoms with E-state index in [-0.39, 0.29) is 5.91 Å². The van der Waals surface area contributed by atoms with Crippen LogP contribution in [0.1, 0.15) is 27.5 Å². The Kier molecular flexibility index (Phi) is 5.04. The topological polar surface area (TPSA) is 72.7 Å². The number of nitrogens with zero attached hydrogens (tertiary/aromatic N) is 4. The molecule has 2 aromatic heterocycles. The van der Waals surface area contributed by atoms with Gasteiger partial charge in [0.15, 0.2) is 0 Å². The Morgan fingerprint density at radius 1 is 1.24 bits per heavy atom. The molecule has 0 bridgehead atoms. The maximum atomic E-state index is 12.1. The second-order valence-corrected chi connectivity index (χ2v) is 6.76. The number of aryl methyl sites for hydroxylation is 2. The van der Waals surface area contributed by atoms with Crippen molar-refractivity contribution in [1.29, 1.82) is 0 Å². The van der Waals surface area contributed by atoms with E-state index < -0.39 is 0 Å². The zero-order valence-corrected chi connectivity index (χ0v) is 15.2. The van der Waals surface area contributed by atoms with Gasteiger partial charge in [0, 0.05) is 30.8 Å². The number of carbonyl (C=O) groups is 1. The predicted octanol–water partition coefficient (Wildman–Crippen LogP) is 3.13. The van der Waals surface area contributed by atoms with E-state index in [2.05, 4.69) is 20.6 Å². The second kappa shape index (κ2) is 7.40. The number of nitrogens with one attached hydrogen (secondary N) is 1. The quantitative estimate of drug-likeness (QED) is 0.715. The van der Waals surface area contributed by atoms with Gasteiger partial charge in [0.05, 0.1) is 5.69 Å². The van der Waals surface area contributed by atoms with E-state index >= 15 is 0 Å². The Labute approximate surface area is 150 Å². The van der Waals surface area contributed by atoms with E-state index in [0.29, 0.717) is 11.6 Å². The van der Waals surface area contributed by atoms with Crippen LogP contribution in [-0.2, 0) is 18.3 Å². The molecule has 0 saturated carbocycles. The van der Waals surface area contributed by atoms with Crippen molar-refractivity contribution in [3.8, 4) is 0 Å². The van der Waals surface area contributed by atoms with Crippen molar-refractivity contribution in [3.05, 3.63) is 63.9 Å². The highest BCUT2D eigenvalue weighted by Crippen LogP contribution is 2.19. The average molecular weight is 353 g/mol. The highest BCUT2D eigenvalue weighted by molar-refractivity contribution is 7.15. The third-order valence-corrected chi connectivity index (χ3v) is 4.70. The fraction of sp³-hybridized carbons (Fsp3) is 0.222. The lowest BCUT2D eigenvalue weighted by molar-refractivity contribution is -0.111. The fourth-order valence-electron chi connectivity index (χ4n) is 2.48. The fourth-order valence-corrected chi connectivity index (χ4v) is 3.26. The first-order valence-corrected chi connectivity index (χ1v) is 8.70. The lowest BCUT2D eigenvalue weighted by Gasteiger charge is -1.97. The molecule has 0 radical (unpaired) electrons. The van der Waals surface area contributed by atoms with Crippen molar-refractivity contribution in [2.45, 2.75) is 20.3 Å². The SMILES string of the molecule is Cc1nn(C)c(C)c1/C=C\C(=O)Nc1nnc(Cc2ccccc2)s1. The third kappa shape index (κ3) is 4.19. The number of hydrogen-bond donors (Lipinski definition) is 1. The summed E-state index contributed by atoms with van der Waals surface area (Å²) in [5.74, 6) is -0.231. The Hall–Kier alpha value is -2.80. The minimum absolute atomic E-state index is 0.231. The van der Waals surface area contributed by atoms with Crippen molar-refractivity contribution >= 4 is 28.5 Å². The van der Waals surface area contributed by atoms with Crippen molar-refractivity contribution in [3.63, 3.8) is 0 Å². The van der Waals surface area contributed by atoms with E-state index in [1.807, 2.05) is 51.2 Å². The van der Waals surface area contributed by atoms with Crippen LogP contribution in [0.2, 0.25) is 0 Å². The highest BCUT2D eigenvalue weighted by Gasteiger charge is 2.09. The lowest BCUT2D eigenvalue weighted by Crippen LogP contribution is -2.07. The Morgan fingerprint density at radius 3 is 2.68 bits per heavy atom. The van der Waals surface area contributed by atoms with Gasteiger partial charge in [-0.2, -0.15) is 5.10 Å². The van der Waals surface area contributed by atoms with Crippen LogP contribution >= 0.6 is 11.3 Å². The van der Waals surface area contributed by atoms with E-state index in [9.17, 15) is 4.79 Å². The number of anilines is 1. The predicted molar refractivity (Wildman–Crippen MR) is 99.5 cm³/mol. The van der Waals surface area contributed by atoms with Gasteiger partial charge >= 0.3 is 0 Å². The van der Waals surface area contributed by atoms with Crippen LogP contribution in [0.5, 0.6) is 0 Å². The van der Waals surface area contributed by atoms with Gasteiger partial charge in [0.2, 0.25) is 11.0 Å². The van der Waals surface area contributed by atoms with Crippen LogP contribution in [-0.4, -0.2) is 25.9 Å². The number of aromatic nitrogens is 4. The molecule has 25 heavy (non-hydrogen) atoms. The highest BCUT2D eigenvalue weighted by atomic mass is 32.1. The first-order valence-electron chi connectivity index (χ1n) is 7.88. The zero-order valence-electron chi connectivity index (χ0n) is 14.4. The third-order valence-electron chi connectivity index (χ3n) is 3.86. The molecule has 3 aromatic rings. The number of amides is 1. The summed E-state index contributed by atoms with van der Waals surface area (Å²) in [6, 6.07) is 10.0. The van der Waals surface area contributed by atoms with Crippen LogP contribution < -0.4 is 5.32 Å². The van der Waals surface area contributed by atoms with E-state index in [1.165, 1.54) is 23.0 Å². The van der Waals surface area contributed by atoms with E-state index in [1.54, 1.807) is 10.8 Å². The van der Waals surface area contributed by atoms with Gasteiger partial charge in [-0.3, -0.25) is 14.8 Å². The smallest absolute Gasteiger partial charge is 0.250 e. The number of benzene rings is 1. The molecule has 0 fully saturated rings. The number of hydrogen-bond acceptors (Lipinski definition) is 5. The molecule has 128 valence electrons. The monoisotopic (exact) mass is 353 g/mol. The van der Waals surface area contributed by atoms with Crippen LogP contribution in [0.25, 0.3) is 6.08 Å². The standard InChI is InChI=1S/C18H19N5OS/c1-12-15(13(2)23(3)22-12)9-10-16(24)19-18-21-20-17(25-18)11-14-7-5-4-6-8-14/h4-10H,11H2,1-3H3,(H,19,21,24)/b10-9-. The van der Waals surface area contributed by atoms with Crippen molar-refractivity contribution in [1.82, 2.24) is 20.0 Å². The first-order chi connectivity index (χ1) is 12.0. The maximum absolute atomic E-state index is 12.1. The van der Waals surface area contributed by atoms with Gasteiger partial charge in [-0.1, -0.05) is 41.7 Å². The van der Waals surface area contributed by atoms with Crippen LogP contribution in [0.15, 0.2) is 36.4 Å². The maximum Gasteiger partial charge on any atom is 0.250 e. The van der Waals surface area contributed by atoms with Gasteiger partial charge in [-0.15, -0.1) is 10.2 Å². The molecule has 0 aliphatic rings. The van der Waals surface area contributed by atoms with Gasteiger partial charge in [0.1, 0.15) is 5.01 Å². The van der Waals surface area contributed by atoms with E-state index in [0.717, 1.165) is 22.0 Å². The molecule has 7 heteroatoms. The number of rotatable bonds is 5. The summed E-state index contributed by atoms with van der Waals surface area (Å²) in [5.41, 5.74) is 4.03. The lowest BCUT2D eigenvalue weighted by atomic mass is 10.2. The Bertz CT molecular complexity index is 911. The van der Waals surface area contributed by atoms with Crippen molar-refractivity contribution in [2.75, 3.05) is 5.32 Å². The molecule has 0 aliphatic heterocycles. The molecular weight excluding hydrogens is 334 g/mol. The molecule has 0 saturated heterocycles. The molecule has 0 atom stereocenters. The minimum atomic E-state index is -0.231. The Morgan fingerprint density at radius 2 is 2.00 bits per heavy atom. The normalized spacial score (nSPS) is 11.2. The van der Waals surface area contributed by atoms with Gasteiger partial charge in [0.25, 0.3) is 0 Å². The molecule has 1 amide bonds. The summed E-state index contributed by atoms with van der Waals surface area (Å²) in [5, 5.41) is 16.6. The van der Waals surface area contributed by atoms with Crippen LogP contribution in [0.4, 0.5) is 5.13 Å². The van der Waals surface area contributed by atoms with Gasteiger partial charge < -0.3 is 0 Å². The summed E-state index contributed by atoms with van der Waals surface area (Å²) in [7, 11) is 1.88. The molecular formula is C18H19N5OS. The summed E-state index contributed by atoms with van der Waals surface area (Å²) in [6.45, 7) is 3.89. The molecule has 0 aliphatic carbocycles. The number of carbonyl (C=O) groups excluding carboxylic acids is 1. The molecule has 0 spiro atoms. The molecule has 2 heterocycles. The summed E-state index contributed by atoms with van der Waals surface area (Å²) in [6.07, 6.45) is 3.98. The summed E-state index contributed by atoms with van der Waals surface area (Å²) < 4.78 is 1.80.